The summed E-state index contributed by atoms with van der Waals surface area (Å²) in [7, 11) is 1.77. The molecule has 0 heterocycles. The standard InChI is InChI=1S/C20H26O/c1-12-4-6-16-15(12)8-9-18-17-7-5-14(21-3)11-19(17)13(2)10-20(16)18/h5,7,11,13,16,18,20H,4,6,8-10H2,1-3H3/t13-,16+,18+,20-/m0/s1. The first-order chi connectivity index (χ1) is 10.2. The highest BCUT2D eigenvalue weighted by molar-refractivity contribution is 5.43. The fourth-order valence-corrected chi connectivity index (χ4v) is 5.39. The van der Waals surface area contributed by atoms with Crippen LogP contribution in [0.1, 0.15) is 68.9 Å². The molecule has 0 spiro atoms. The van der Waals surface area contributed by atoms with Gasteiger partial charge in [-0.05, 0) is 86.0 Å². The van der Waals surface area contributed by atoms with Crippen molar-refractivity contribution >= 4 is 0 Å². The fourth-order valence-electron chi connectivity index (χ4n) is 5.39. The number of rotatable bonds is 1. The maximum Gasteiger partial charge on any atom is 0.119 e. The molecule has 112 valence electrons. The number of fused-ring (bicyclic) bond motifs is 5. The molecule has 1 heteroatoms. The highest BCUT2D eigenvalue weighted by Crippen LogP contribution is 2.57. The third kappa shape index (κ3) is 1.97. The molecule has 0 saturated heterocycles. The van der Waals surface area contributed by atoms with Crippen LogP contribution in [-0.2, 0) is 0 Å². The van der Waals surface area contributed by atoms with Crippen molar-refractivity contribution in [2.45, 2.75) is 57.8 Å². The summed E-state index contributed by atoms with van der Waals surface area (Å²) in [5, 5.41) is 0. The molecule has 3 aliphatic rings. The average molecular weight is 282 g/mol. The van der Waals surface area contributed by atoms with Crippen LogP contribution in [0.15, 0.2) is 29.3 Å². The second-order valence-electron chi connectivity index (χ2n) is 7.39. The lowest BCUT2D eigenvalue weighted by Gasteiger charge is -2.45. The Hall–Kier alpha value is -1.24. The molecule has 1 aromatic rings. The quantitative estimate of drug-likeness (QED) is 0.625. The summed E-state index contributed by atoms with van der Waals surface area (Å²) in [4.78, 5) is 0. The molecule has 0 radical (unpaired) electrons. The first kappa shape index (κ1) is 13.4. The summed E-state index contributed by atoms with van der Waals surface area (Å²) >= 11 is 0. The van der Waals surface area contributed by atoms with E-state index in [9.17, 15) is 0 Å². The van der Waals surface area contributed by atoms with Gasteiger partial charge >= 0.3 is 0 Å². The SMILES string of the molecule is COc1ccc2c(c1)[C@@H](C)C[C@H]1[C@@H]3CCC(C)=C3CC[C@H]21. The molecule has 0 amide bonds. The molecular formula is C20H26O. The van der Waals surface area contributed by atoms with Gasteiger partial charge in [-0.1, -0.05) is 24.1 Å². The number of allylic oxidation sites excluding steroid dienone is 2. The van der Waals surface area contributed by atoms with Crippen molar-refractivity contribution in [1.82, 2.24) is 0 Å². The van der Waals surface area contributed by atoms with Gasteiger partial charge in [0.25, 0.3) is 0 Å². The van der Waals surface area contributed by atoms with Gasteiger partial charge in [0, 0.05) is 0 Å². The molecule has 0 aliphatic heterocycles. The van der Waals surface area contributed by atoms with Gasteiger partial charge < -0.3 is 4.74 Å². The van der Waals surface area contributed by atoms with E-state index in [0.717, 1.165) is 23.5 Å². The number of methoxy groups -OCH3 is 1. The highest BCUT2D eigenvalue weighted by Gasteiger charge is 2.43. The van der Waals surface area contributed by atoms with Crippen LogP contribution in [0.2, 0.25) is 0 Å². The summed E-state index contributed by atoms with van der Waals surface area (Å²) in [6.45, 7) is 4.79. The molecule has 0 aromatic heterocycles. The van der Waals surface area contributed by atoms with Crippen LogP contribution < -0.4 is 4.74 Å². The zero-order valence-electron chi connectivity index (χ0n) is 13.5. The monoisotopic (exact) mass is 282 g/mol. The van der Waals surface area contributed by atoms with E-state index in [0.29, 0.717) is 5.92 Å². The lowest BCUT2D eigenvalue weighted by molar-refractivity contribution is 0.219. The zero-order valence-corrected chi connectivity index (χ0v) is 13.5. The fraction of sp³-hybridized carbons (Fsp3) is 0.600. The van der Waals surface area contributed by atoms with Gasteiger partial charge in [0.05, 0.1) is 7.11 Å². The molecule has 0 bridgehead atoms. The molecule has 1 saturated carbocycles. The van der Waals surface area contributed by atoms with Crippen LogP contribution in [0.3, 0.4) is 0 Å². The number of hydrogen-bond acceptors (Lipinski definition) is 1. The molecule has 4 rings (SSSR count). The molecule has 0 unspecified atom stereocenters. The number of hydrogen-bond donors (Lipinski definition) is 0. The summed E-state index contributed by atoms with van der Waals surface area (Å²) in [6.07, 6.45) is 6.84. The van der Waals surface area contributed by atoms with Crippen LogP contribution in [0, 0.1) is 11.8 Å². The van der Waals surface area contributed by atoms with Gasteiger partial charge in [-0.25, -0.2) is 0 Å². The predicted molar refractivity (Wildman–Crippen MR) is 86.9 cm³/mol. The van der Waals surface area contributed by atoms with E-state index < -0.39 is 0 Å². The van der Waals surface area contributed by atoms with Crippen molar-refractivity contribution in [2.24, 2.45) is 11.8 Å². The minimum Gasteiger partial charge on any atom is -0.497 e. The zero-order chi connectivity index (χ0) is 14.6. The highest BCUT2D eigenvalue weighted by atomic mass is 16.5. The van der Waals surface area contributed by atoms with Gasteiger partial charge in [0.2, 0.25) is 0 Å². The topological polar surface area (TPSA) is 9.23 Å². The van der Waals surface area contributed by atoms with E-state index in [-0.39, 0.29) is 0 Å². The van der Waals surface area contributed by atoms with Crippen molar-refractivity contribution in [3.8, 4) is 5.75 Å². The van der Waals surface area contributed by atoms with Gasteiger partial charge in [0.15, 0.2) is 0 Å². The Morgan fingerprint density at radius 2 is 1.86 bits per heavy atom. The molecule has 4 atom stereocenters. The van der Waals surface area contributed by atoms with E-state index >= 15 is 0 Å². The Balaban J connectivity index is 1.74. The Labute approximate surface area is 128 Å². The van der Waals surface area contributed by atoms with Crippen LogP contribution in [0.4, 0.5) is 0 Å². The van der Waals surface area contributed by atoms with Crippen molar-refractivity contribution in [3.05, 3.63) is 40.5 Å². The van der Waals surface area contributed by atoms with Crippen molar-refractivity contribution in [1.29, 1.82) is 0 Å². The second kappa shape index (κ2) is 4.90. The average Bonchev–Trinajstić information content (AvgIpc) is 2.89. The first-order valence-electron chi connectivity index (χ1n) is 8.55. The number of benzene rings is 1. The second-order valence-corrected chi connectivity index (χ2v) is 7.39. The Kier molecular flexibility index (Phi) is 3.13. The Morgan fingerprint density at radius 3 is 2.67 bits per heavy atom. The molecule has 21 heavy (non-hydrogen) atoms. The van der Waals surface area contributed by atoms with Crippen molar-refractivity contribution < 1.29 is 4.74 Å². The predicted octanol–water partition coefficient (Wildman–Crippen LogP) is 5.42. The minimum atomic E-state index is 0.677. The van der Waals surface area contributed by atoms with Crippen LogP contribution in [-0.4, -0.2) is 7.11 Å². The van der Waals surface area contributed by atoms with Crippen LogP contribution in [0.25, 0.3) is 0 Å². The first-order valence-corrected chi connectivity index (χ1v) is 8.55. The van der Waals surface area contributed by atoms with Crippen molar-refractivity contribution in [2.75, 3.05) is 7.11 Å². The third-order valence-electron chi connectivity index (χ3n) is 6.43. The van der Waals surface area contributed by atoms with Crippen LogP contribution >= 0.6 is 0 Å². The lowest BCUT2D eigenvalue weighted by atomic mass is 9.60. The van der Waals surface area contributed by atoms with Gasteiger partial charge in [-0.3, -0.25) is 0 Å². The maximum absolute atomic E-state index is 5.44. The summed E-state index contributed by atoms with van der Waals surface area (Å²) < 4.78 is 5.44. The molecule has 1 nitrogen and oxygen atoms in total. The largest absolute Gasteiger partial charge is 0.497 e. The Bertz CT molecular complexity index is 598. The van der Waals surface area contributed by atoms with E-state index in [1.165, 1.54) is 32.1 Å². The van der Waals surface area contributed by atoms with Gasteiger partial charge in [-0.2, -0.15) is 0 Å². The van der Waals surface area contributed by atoms with E-state index in [1.54, 1.807) is 23.8 Å². The van der Waals surface area contributed by atoms with E-state index in [4.69, 9.17) is 4.74 Å². The lowest BCUT2D eigenvalue weighted by Crippen LogP contribution is -2.32. The third-order valence-corrected chi connectivity index (χ3v) is 6.43. The van der Waals surface area contributed by atoms with Gasteiger partial charge in [-0.15, -0.1) is 0 Å². The molecular weight excluding hydrogens is 256 g/mol. The van der Waals surface area contributed by atoms with E-state index in [1.807, 2.05) is 5.57 Å². The smallest absolute Gasteiger partial charge is 0.119 e. The Morgan fingerprint density at radius 1 is 1.05 bits per heavy atom. The summed E-state index contributed by atoms with van der Waals surface area (Å²) in [5.41, 5.74) is 6.73. The van der Waals surface area contributed by atoms with Crippen LogP contribution in [0.5, 0.6) is 5.75 Å². The maximum atomic E-state index is 5.44. The van der Waals surface area contributed by atoms with Gasteiger partial charge in [0.1, 0.15) is 5.75 Å². The molecule has 1 aromatic carbocycles. The molecule has 3 aliphatic carbocycles. The minimum absolute atomic E-state index is 0.677. The van der Waals surface area contributed by atoms with Crippen molar-refractivity contribution in [3.63, 3.8) is 0 Å². The van der Waals surface area contributed by atoms with E-state index in [2.05, 4.69) is 32.0 Å². The summed E-state index contributed by atoms with van der Waals surface area (Å²) in [6, 6.07) is 6.82. The summed E-state index contributed by atoms with van der Waals surface area (Å²) in [5.74, 6) is 4.27. The normalized spacial score (nSPS) is 34.2. The number of ether oxygens (including phenoxy) is 1. The molecule has 1 fully saturated rings. The molecule has 0 N–H and O–H groups in total.